The molecular formula is C12H11N5OS. The minimum Gasteiger partial charge on any atom is -0.399 e. The normalized spacial score (nSPS) is 11.0. The molecule has 3 aromatic rings. The van der Waals surface area contributed by atoms with Crippen molar-refractivity contribution >= 4 is 22.0 Å². The van der Waals surface area contributed by atoms with Crippen LogP contribution in [0.1, 0.15) is 16.3 Å². The van der Waals surface area contributed by atoms with E-state index in [1.54, 1.807) is 6.92 Å². The second kappa shape index (κ2) is 4.43. The first-order valence-electron chi connectivity index (χ1n) is 5.70. The predicted octanol–water partition coefficient (Wildman–Crippen LogP) is 1.03. The van der Waals surface area contributed by atoms with E-state index in [0.717, 1.165) is 16.3 Å². The Balaban J connectivity index is 2.00. The van der Waals surface area contributed by atoms with Crippen molar-refractivity contribution in [2.75, 3.05) is 5.73 Å². The van der Waals surface area contributed by atoms with Crippen LogP contribution in [-0.2, 0) is 6.42 Å². The molecule has 1 aromatic carbocycles. The zero-order chi connectivity index (χ0) is 13.4. The van der Waals surface area contributed by atoms with Crippen LogP contribution in [0.3, 0.4) is 0 Å². The third-order valence-electron chi connectivity index (χ3n) is 2.72. The molecule has 2 aromatic heterocycles. The highest BCUT2D eigenvalue weighted by molar-refractivity contribution is 7.16. The van der Waals surface area contributed by atoms with Crippen LogP contribution in [0.5, 0.6) is 0 Å². The van der Waals surface area contributed by atoms with Crippen molar-refractivity contribution in [1.29, 1.82) is 0 Å². The lowest BCUT2D eigenvalue weighted by atomic mass is 10.1. The van der Waals surface area contributed by atoms with Crippen LogP contribution in [0.15, 0.2) is 29.1 Å². The molecule has 0 spiro atoms. The minimum atomic E-state index is -0.218. The highest BCUT2D eigenvalue weighted by Crippen LogP contribution is 2.16. The Bertz CT molecular complexity index is 790. The molecule has 3 rings (SSSR count). The molecule has 2 N–H and O–H groups in total. The van der Waals surface area contributed by atoms with E-state index >= 15 is 0 Å². The molecule has 0 atom stereocenters. The smallest absolute Gasteiger partial charge is 0.296 e. The average molecular weight is 273 g/mol. The van der Waals surface area contributed by atoms with E-state index in [1.807, 2.05) is 24.3 Å². The molecule has 0 saturated carbocycles. The Morgan fingerprint density at radius 1 is 1.26 bits per heavy atom. The summed E-state index contributed by atoms with van der Waals surface area (Å²) in [4.78, 5) is 12.3. The van der Waals surface area contributed by atoms with E-state index in [2.05, 4.69) is 15.3 Å². The lowest BCUT2D eigenvalue weighted by Gasteiger charge is -1.97. The molecule has 0 aliphatic heterocycles. The molecule has 2 heterocycles. The standard InChI is InChI=1S/C12H11N5OS/c1-7-11(18)17-12(15-14-7)19-10(16-17)6-8-2-4-9(13)5-3-8/h2-5H,6,13H2,1H3. The zero-order valence-corrected chi connectivity index (χ0v) is 11.0. The molecular weight excluding hydrogens is 262 g/mol. The van der Waals surface area contributed by atoms with Gasteiger partial charge in [0.05, 0.1) is 0 Å². The molecule has 96 valence electrons. The molecule has 0 unspecified atom stereocenters. The topological polar surface area (TPSA) is 86.2 Å². The van der Waals surface area contributed by atoms with Crippen LogP contribution in [0.4, 0.5) is 5.69 Å². The van der Waals surface area contributed by atoms with E-state index in [4.69, 9.17) is 5.73 Å². The van der Waals surface area contributed by atoms with Gasteiger partial charge in [-0.25, -0.2) is 0 Å². The second-order valence-electron chi connectivity index (χ2n) is 4.20. The van der Waals surface area contributed by atoms with Gasteiger partial charge in [0.1, 0.15) is 10.7 Å². The highest BCUT2D eigenvalue weighted by atomic mass is 32.1. The lowest BCUT2D eigenvalue weighted by Crippen LogP contribution is -2.19. The third kappa shape index (κ3) is 2.19. The van der Waals surface area contributed by atoms with E-state index in [9.17, 15) is 4.79 Å². The Kier molecular flexibility index (Phi) is 2.75. The van der Waals surface area contributed by atoms with Gasteiger partial charge >= 0.3 is 0 Å². The number of aromatic nitrogens is 4. The van der Waals surface area contributed by atoms with Crippen molar-refractivity contribution in [3.63, 3.8) is 0 Å². The molecule has 19 heavy (non-hydrogen) atoms. The summed E-state index contributed by atoms with van der Waals surface area (Å²) in [6.45, 7) is 1.63. The monoisotopic (exact) mass is 273 g/mol. The van der Waals surface area contributed by atoms with Crippen LogP contribution in [-0.4, -0.2) is 19.8 Å². The van der Waals surface area contributed by atoms with Gasteiger partial charge in [0.15, 0.2) is 0 Å². The maximum absolute atomic E-state index is 11.8. The van der Waals surface area contributed by atoms with Crippen molar-refractivity contribution in [2.24, 2.45) is 0 Å². The summed E-state index contributed by atoms with van der Waals surface area (Å²) in [7, 11) is 0. The number of anilines is 1. The first-order chi connectivity index (χ1) is 9.13. The number of aryl methyl sites for hydroxylation is 1. The fourth-order valence-electron chi connectivity index (χ4n) is 1.71. The fourth-order valence-corrected chi connectivity index (χ4v) is 2.58. The molecule has 0 fully saturated rings. The Morgan fingerprint density at radius 3 is 2.74 bits per heavy atom. The minimum absolute atomic E-state index is 0.218. The van der Waals surface area contributed by atoms with E-state index in [1.165, 1.54) is 15.9 Å². The Hall–Kier alpha value is -2.28. The molecule has 0 radical (unpaired) electrons. The number of nitrogens with zero attached hydrogens (tertiary/aromatic N) is 4. The van der Waals surface area contributed by atoms with Crippen LogP contribution < -0.4 is 11.3 Å². The second-order valence-corrected chi connectivity index (χ2v) is 5.24. The van der Waals surface area contributed by atoms with Gasteiger partial charge in [0, 0.05) is 12.1 Å². The Morgan fingerprint density at radius 2 is 2.00 bits per heavy atom. The first-order valence-corrected chi connectivity index (χ1v) is 6.51. The number of hydrogen-bond donors (Lipinski definition) is 1. The lowest BCUT2D eigenvalue weighted by molar-refractivity contribution is 0.810. The van der Waals surface area contributed by atoms with Crippen LogP contribution in [0, 0.1) is 6.92 Å². The van der Waals surface area contributed by atoms with Crippen molar-refractivity contribution in [2.45, 2.75) is 13.3 Å². The number of fused-ring (bicyclic) bond motifs is 1. The number of nitrogens with two attached hydrogens (primary N) is 1. The van der Waals surface area contributed by atoms with Crippen molar-refractivity contribution in [3.05, 3.63) is 50.9 Å². The molecule has 6 nitrogen and oxygen atoms in total. The maximum Gasteiger partial charge on any atom is 0.296 e. The largest absolute Gasteiger partial charge is 0.399 e. The van der Waals surface area contributed by atoms with Gasteiger partial charge in [-0.05, 0) is 24.6 Å². The summed E-state index contributed by atoms with van der Waals surface area (Å²) < 4.78 is 1.31. The number of nitrogen functional groups attached to an aromatic ring is 1. The van der Waals surface area contributed by atoms with Gasteiger partial charge in [0.2, 0.25) is 4.96 Å². The number of benzene rings is 1. The summed E-state index contributed by atoms with van der Waals surface area (Å²) in [6.07, 6.45) is 0.646. The van der Waals surface area contributed by atoms with Gasteiger partial charge in [-0.3, -0.25) is 4.79 Å². The van der Waals surface area contributed by atoms with Gasteiger partial charge in [0.25, 0.3) is 5.56 Å². The maximum atomic E-state index is 11.8. The summed E-state index contributed by atoms with van der Waals surface area (Å²) in [5.41, 5.74) is 7.59. The molecule has 0 aliphatic rings. The van der Waals surface area contributed by atoms with Crippen LogP contribution >= 0.6 is 11.3 Å². The SMILES string of the molecule is Cc1nnc2sc(Cc3ccc(N)cc3)nn2c1=O. The molecule has 0 aliphatic carbocycles. The first kappa shape index (κ1) is 11.8. The fraction of sp³-hybridized carbons (Fsp3) is 0.167. The number of hydrogen-bond acceptors (Lipinski definition) is 6. The van der Waals surface area contributed by atoms with Gasteiger partial charge in [-0.15, -0.1) is 10.2 Å². The molecule has 7 heteroatoms. The van der Waals surface area contributed by atoms with Gasteiger partial charge in [-0.1, -0.05) is 23.5 Å². The quantitative estimate of drug-likeness (QED) is 0.705. The highest BCUT2D eigenvalue weighted by Gasteiger charge is 2.09. The van der Waals surface area contributed by atoms with Crippen molar-refractivity contribution in [1.82, 2.24) is 19.8 Å². The van der Waals surface area contributed by atoms with Crippen LogP contribution in [0.2, 0.25) is 0 Å². The third-order valence-corrected chi connectivity index (χ3v) is 3.62. The zero-order valence-electron chi connectivity index (χ0n) is 10.2. The summed E-state index contributed by atoms with van der Waals surface area (Å²) in [6, 6.07) is 7.58. The summed E-state index contributed by atoms with van der Waals surface area (Å²) in [5, 5.41) is 12.9. The summed E-state index contributed by atoms with van der Waals surface area (Å²) in [5.74, 6) is 0. The average Bonchev–Trinajstić information content (AvgIpc) is 2.80. The van der Waals surface area contributed by atoms with E-state index < -0.39 is 0 Å². The van der Waals surface area contributed by atoms with Crippen molar-refractivity contribution in [3.8, 4) is 0 Å². The van der Waals surface area contributed by atoms with E-state index in [-0.39, 0.29) is 5.56 Å². The molecule has 0 amide bonds. The predicted molar refractivity (Wildman–Crippen MR) is 73.3 cm³/mol. The van der Waals surface area contributed by atoms with Crippen LogP contribution in [0.25, 0.3) is 4.96 Å². The molecule has 0 bridgehead atoms. The van der Waals surface area contributed by atoms with Crippen molar-refractivity contribution < 1.29 is 0 Å². The number of rotatable bonds is 2. The Labute approximate surface area is 112 Å². The summed E-state index contributed by atoms with van der Waals surface area (Å²) >= 11 is 1.37. The van der Waals surface area contributed by atoms with Gasteiger partial charge < -0.3 is 5.73 Å². The van der Waals surface area contributed by atoms with E-state index in [0.29, 0.717) is 17.1 Å². The van der Waals surface area contributed by atoms with Gasteiger partial charge in [-0.2, -0.15) is 9.61 Å². The molecule has 0 saturated heterocycles.